The first kappa shape index (κ1) is 18.9. The highest BCUT2D eigenvalue weighted by atomic mass is 16.6. The summed E-state index contributed by atoms with van der Waals surface area (Å²) >= 11 is 0. The van der Waals surface area contributed by atoms with Gasteiger partial charge in [0, 0.05) is 6.20 Å². The molecule has 0 aromatic carbocycles. The molecule has 0 fully saturated rings. The second kappa shape index (κ2) is 6.98. The summed E-state index contributed by atoms with van der Waals surface area (Å²) < 4.78 is 10.7. The molecule has 1 rings (SSSR count). The van der Waals surface area contributed by atoms with Crippen LogP contribution in [0.5, 0.6) is 0 Å². The summed E-state index contributed by atoms with van der Waals surface area (Å²) in [6.07, 6.45) is 0.530. The maximum Gasteiger partial charge on any atom is 0.425 e. The fourth-order valence-corrected chi connectivity index (χ4v) is 1.77. The van der Waals surface area contributed by atoms with Gasteiger partial charge in [-0.3, -0.25) is 0 Å². The smallest absolute Gasteiger partial charge is 0.425 e. The normalized spacial score (nSPS) is 11.8. The third-order valence-electron chi connectivity index (χ3n) is 2.61. The number of ether oxygens (including phenoxy) is 2. The molecule has 1 aromatic heterocycles. The van der Waals surface area contributed by atoms with Crippen LogP contribution in [0, 0.1) is 0 Å². The van der Waals surface area contributed by atoms with Crippen molar-refractivity contribution in [3.63, 3.8) is 0 Å². The lowest BCUT2D eigenvalue weighted by Gasteiger charge is -2.28. The van der Waals surface area contributed by atoms with E-state index in [1.165, 1.54) is 6.20 Å². The predicted molar refractivity (Wildman–Crippen MR) is 88.6 cm³/mol. The molecule has 0 bridgehead atoms. The Balaban J connectivity index is 3.26. The van der Waals surface area contributed by atoms with Crippen LogP contribution in [0.15, 0.2) is 18.3 Å². The van der Waals surface area contributed by atoms with Gasteiger partial charge in [-0.05, 0) is 59.6 Å². The van der Waals surface area contributed by atoms with Crippen molar-refractivity contribution in [2.45, 2.75) is 66.1 Å². The van der Waals surface area contributed by atoms with Crippen molar-refractivity contribution < 1.29 is 19.1 Å². The molecular weight excluding hydrogens is 296 g/mol. The fourth-order valence-electron chi connectivity index (χ4n) is 1.77. The van der Waals surface area contributed by atoms with Gasteiger partial charge in [-0.2, -0.15) is 4.90 Å². The first-order valence-electron chi connectivity index (χ1n) is 7.64. The highest BCUT2D eigenvalue weighted by Crippen LogP contribution is 2.23. The molecule has 6 nitrogen and oxygen atoms in total. The zero-order valence-corrected chi connectivity index (χ0v) is 15.0. The number of aromatic nitrogens is 1. The number of nitrogens with zero attached hydrogens (tertiary/aromatic N) is 2. The summed E-state index contributed by atoms with van der Waals surface area (Å²) in [6.45, 7) is 12.3. The van der Waals surface area contributed by atoms with E-state index in [0.717, 1.165) is 10.5 Å². The van der Waals surface area contributed by atoms with E-state index in [4.69, 9.17) is 9.47 Å². The van der Waals surface area contributed by atoms with Crippen molar-refractivity contribution in [1.82, 2.24) is 4.98 Å². The predicted octanol–water partition coefficient (Wildman–Crippen LogP) is 4.32. The average Bonchev–Trinajstić information content (AvgIpc) is 2.35. The quantitative estimate of drug-likeness (QED) is 0.811. The summed E-state index contributed by atoms with van der Waals surface area (Å²) in [6, 6.07) is 3.56. The van der Waals surface area contributed by atoms with Crippen molar-refractivity contribution >= 4 is 18.0 Å². The molecule has 0 spiro atoms. The largest absolute Gasteiger partial charge is 0.443 e. The van der Waals surface area contributed by atoms with E-state index < -0.39 is 23.4 Å². The molecule has 0 atom stereocenters. The van der Waals surface area contributed by atoms with Crippen LogP contribution in [0.25, 0.3) is 0 Å². The van der Waals surface area contributed by atoms with Crippen LogP contribution in [0.2, 0.25) is 0 Å². The maximum atomic E-state index is 12.5. The Morgan fingerprint density at radius 3 is 1.91 bits per heavy atom. The summed E-state index contributed by atoms with van der Waals surface area (Å²) in [4.78, 5) is 30.1. The summed E-state index contributed by atoms with van der Waals surface area (Å²) in [5.74, 6) is 0.235. The van der Waals surface area contributed by atoms with Crippen LogP contribution in [0.1, 0.15) is 54.0 Å². The number of carbonyl (C=O) groups is 2. The van der Waals surface area contributed by atoms with Gasteiger partial charge in [0.25, 0.3) is 0 Å². The Morgan fingerprint density at radius 2 is 1.52 bits per heavy atom. The number of aryl methyl sites for hydroxylation is 1. The molecule has 0 N–H and O–H groups in total. The van der Waals surface area contributed by atoms with Crippen molar-refractivity contribution in [1.29, 1.82) is 0 Å². The zero-order valence-electron chi connectivity index (χ0n) is 15.0. The van der Waals surface area contributed by atoms with Crippen molar-refractivity contribution in [3.05, 3.63) is 23.9 Å². The van der Waals surface area contributed by atoms with E-state index in [1.807, 2.05) is 13.0 Å². The minimum Gasteiger partial charge on any atom is -0.443 e. The summed E-state index contributed by atoms with van der Waals surface area (Å²) in [7, 11) is 0. The number of carbonyl (C=O) groups excluding carboxylic acids is 2. The van der Waals surface area contributed by atoms with Gasteiger partial charge < -0.3 is 9.47 Å². The van der Waals surface area contributed by atoms with E-state index >= 15 is 0 Å². The number of hydrogen-bond donors (Lipinski definition) is 0. The average molecular weight is 322 g/mol. The Bertz CT molecular complexity index is 543. The van der Waals surface area contributed by atoms with Crippen LogP contribution in [-0.4, -0.2) is 28.4 Å². The van der Waals surface area contributed by atoms with Crippen molar-refractivity contribution in [3.8, 4) is 0 Å². The topological polar surface area (TPSA) is 68.7 Å². The van der Waals surface area contributed by atoms with Crippen LogP contribution in [-0.2, 0) is 15.9 Å². The monoisotopic (exact) mass is 322 g/mol. The lowest BCUT2D eigenvalue weighted by atomic mass is 10.2. The third kappa shape index (κ3) is 5.88. The Hall–Kier alpha value is -2.11. The second-order valence-electron chi connectivity index (χ2n) is 7.14. The Kier molecular flexibility index (Phi) is 5.75. The molecule has 0 saturated heterocycles. The summed E-state index contributed by atoms with van der Waals surface area (Å²) in [5.41, 5.74) is -0.721. The second-order valence-corrected chi connectivity index (χ2v) is 7.14. The minimum atomic E-state index is -0.805. The van der Waals surface area contributed by atoms with Gasteiger partial charge in [0.2, 0.25) is 0 Å². The number of hydrogen-bond acceptors (Lipinski definition) is 5. The van der Waals surface area contributed by atoms with Gasteiger partial charge in [-0.15, -0.1) is 0 Å². The van der Waals surface area contributed by atoms with E-state index in [0.29, 0.717) is 6.42 Å². The van der Waals surface area contributed by atoms with Gasteiger partial charge in [-0.1, -0.05) is 13.0 Å². The zero-order chi connectivity index (χ0) is 17.8. The van der Waals surface area contributed by atoms with E-state index in [-0.39, 0.29) is 5.82 Å². The highest BCUT2D eigenvalue weighted by Gasteiger charge is 2.34. The van der Waals surface area contributed by atoms with Gasteiger partial charge in [-0.25, -0.2) is 14.6 Å². The first-order chi connectivity index (χ1) is 10.4. The van der Waals surface area contributed by atoms with Crippen LogP contribution in [0.4, 0.5) is 15.4 Å². The first-order valence-corrected chi connectivity index (χ1v) is 7.64. The van der Waals surface area contributed by atoms with E-state index in [9.17, 15) is 9.59 Å². The number of pyridine rings is 1. The molecule has 1 heterocycles. The molecule has 128 valence electrons. The molecular formula is C17H26N2O4. The van der Waals surface area contributed by atoms with E-state index in [2.05, 4.69) is 4.98 Å². The van der Waals surface area contributed by atoms with Crippen molar-refractivity contribution in [2.24, 2.45) is 0 Å². The lowest BCUT2D eigenvalue weighted by Crippen LogP contribution is -2.44. The van der Waals surface area contributed by atoms with Gasteiger partial charge >= 0.3 is 12.2 Å². The van der Waals surface area contributed by atoms with Gasteiger partial charge in [0.15, 0.2) is 5.82 Å². The minimum absolute atomic E-state index is 0.235. The van der Waals surface area contributed by atoms with Gasteiger partial charge in [0.1, 0.15) is 11.2 Å². The summed E-state index contributed by atoms with van der Waals surface area (Å²) in [5, 5.41) is 0. The number of rotatable bonds is 2. The van der Waals surface area contributed by atoms with Crippen LogP contribution >= 0.6 is 0 Å². The van der Waals surface area contributed by atoms with Crippen LogP contribution in [0.3, 0.4) is 0 Å². The Morgan fingerprint density at radius 1 is 1.04 bits per heavy atom. The molecule has 0 saturated carbocycles. The lowest BCUT2D eigenvalue weighted by molar-refractivity contribution is 0.0428. The molecule has 0 radical (unpaired) electrons. The highest BCUT2D eigenvalue weighted by molar-refractivity contribution is 6.09. The molecule has 0 aliphatic rings. The van der Waals surface area contributed by atoms with Crippen molar-refractivity contribution in [2.75, 3.05) is 4.90 Å². The Labute approximate surface area is 137 Å². The molecule has 0 aliphatic carbocycles. The number of anilines is 1. The standard InChI is InChI=1S/C17H26N2O4/c1-8-12-10-9-11-18-13(12)19(14(20)22-16(2,3)4)15(21)23-17(5,6)7/h9-11H,8H2,1-7H3. The molecule has 2 amide bonds. The molecule has 6 heteroatoms. The molecule has 0 aliphatic heterocycles. The maximum absolute atomic E-state index is 12.5. The fraction of sp³-hybridized carbons (Fsp3) is 0.588. The number of amides is 2. The SMILES string of the molecule is CCc1cccnc1N(C(=O)OC(C)(C)C)C(=O)OC(C)(C)C. The number of imide groups is 1. The molecule has 1 aromatic rings. The van der Waals surface area contributed by atoms with Gasteiger partial charge in [0.05, 0.1) is 0 Å². The van der Waals surface area contributed by atoms with E-state index in [1.54, 1.807) is 47.6 Å². The van der Waals surface area contributed by atoms with Crippen LogP contribution < -0.4 is 4.90 Å². The molecule has 0 unspecified atom stereocenters. The third-order valence-corrected chi connectivity index (χ3v) is 2.61. The molecule has 23 heavy (non-hydrogen) atoms.